The van der Waals surface area contributed by atoms with E-state index in [1.165, 1.54) is 4.90 Å². The highest BCUT2D eigenvalue weighted by Gasteiger charge is 2.17. The summed E-state index contributed by atoms with van der Waals surface area (Å²) in [4.78, 5) is 35.3. The SMILES string of the molecule is Cc1nc2ccc(C(=O)N(C)CC(=O)Nc3c(Cl)cccc3Cl)cc2nc1C. The van der Waals surface area contributed by atoms with Gasteiger partial charge in [0, 0.05) is 12.6 Å². The molecular formula is C20H18Cl2N4O2. The summed E-state index contributed by atoms with van der Waals surface area (Å²) in [5, 5.41) is 3.29. The Kier molecular flexibility index (Phi) is 5.82. The maximum absolute atomic E-state index is 12.7. The molecule has 1 heterocycles. The van der Waals surface area contributed by atoms with Crippen molar-refractivity contribution in [2.75, 3.05) is 18.9 Å². The second-order valence-electron chi connectivity index (χ2n) is 6.40. The number of nitrogens with zero attached hydrogens (tertiary/aromatic N) is 3. The minimum absolute atomic E-state index is 0.156. The smallest absolute Gasteiger partial charge is 0.254 e. The number of amides is 2. The number of benzene rings is 2. The molecule has 8 heteroatoms. The molecule has 2 amide bonds. The molecule has 0 radical (unpaired) electrons. The average Bonchev–Trinajstić information content (AvgIpc) is 2.64. The minimum atomic E-state index is -0.405. The second-order valence-corrected chi connectivity index (χ2v) is 7.22. The van der Waals surface area contributed by atoms with Crippen molar-refractivity contribution in [3.8, 4) is 0 Å². The Labute approximate surface area is 172 Å². The zero-order chi connectivity index (χ0) is 20.4. The number of rotatable bonds is 4. The van der Waals surface area contributed by atoms with Gasteiger partial charge in [0.25, 0.3) is 5.91 Å². The third-order valence-electron chi connectivity index (χ3n) is 4.28. The third kappa shape index (κ3) is 4.24. The summed E-state index contributed by atoms with van der Waals surface area (Å²) >= 11 is 12.1. The van der Waals surface area contributed by atoms with E-state index in [-0.39, 0.29) is 12.5 Å². The lowest BCUT2D eigenvalue weighted by Crippen LogP contribution is -2.35. The van der Waals surface area contributed by atoms with Crippen LogP contribution in [-0.2, 0) is 4.79 Å². The maximum atomic E-state index is 12.7. The average molecular weight is 417 g/mol. The van der Waals surface area contributed by atoms with Gasteiger partial charge in [0.15, 0.2) is 0 Å². The number of hydrogen-bond donors (Lipinski definition) is 1. The third-order valence-corrected chi connectivity index (χ3v) is 4.91. The normalized spacial score (nSPS) is 10.8. The van der Waals surface area contributed by atoms with Crippen molar-refractivity contribution < 1.29 is 9.59 Å². The minimum Gasteiger partial charge on any atom is -0.332 e. The molecule has 0 spiro atoms. The summed E-state index contributed by atoms with van der Waals surface area (Å²) < 4.78 is 0. The molecule has 28 heavy (non-hydrogen) atoms. The van der Waals surface area contributed by atoms with Crippen LogP contribution >= 0.6 is 23.2 Å². The fourth-order valence-electron chi connectivity index (χ4n) is 2.67. The monoisotopic (exact) mass is 416 g/mol. The van der Waals surface area contributed by atoms with Crippen LogP contribution in [0.3, 0.4) is 0 Å². The number of halogens is 2. The molecule has 0 bridgehead atoms. The van der Waals surface area contributed by atoms with E-state index in [0.717, 1.165) is 11.4 Å². The summed E-state index contributed by atoms with van der Waals surface area (Å²) in [5.41, 5.74) is 3.75. The summed E-state index contributed by atoms with van der Waals surface area (Å²) in [7, 11) is 1.55. The number of para-hydroxylation sites is 1. The number of carbonyl (C=O) groups excluding carboxylic acids is 2. The Morgan fingerprint density at radius 2 is 1.61 bits per heavy atom. The van der Waals surface area contributed by atoms with Gasteiger partial charge in [-0.15, -0.1) is 0 Å². The number of nitrogens with one attached hydrogen (secondary N) is 1. The Hall–Kier alpha value is -2.70. The molecule has 0 saturated heterocycles. The van der Waals surface area contributed by atoms with Gasteiger partial charge in [0.2, 0.25) is 5.91 Å². The van der Waals surface area contributed by atoms with Crippen LogP contribution in [0.2, 0.25) is 10.0 Å². The predicted molar refractivity (Wildman–Crippen MR) is 111 cm³/mol. The lowest BCUT2D eigenvalue weighted by Gasteiger charge is -2.18. The summed E-state index contributed by atoms with van der Waals surface area (Å²) in [6, 6.07) is 10.0. The van der Waals surface area contributed by atoms with Gasteiger partial charge in [-0.3, -0.25) is 9.59 Å². The standard InChI is InChI=1S/C20H18Cl2N4O2/c1-11-12(2)24-17-9-13(7-8-16(17)23-11)20(28)26(3)10-18(27)25-19-14(21)5-4-6-15(19)22/h4-9H,10H2,1-3H3,(H,25,27). The highest BCUT2D eigenvalue weighted by atomic mass is 35.5. The molecular weight excluding hydrogens is 399 g/mol. The van der Waals surface area contributed by atoms with Crippen LogP contribution in [0.4, 0.5) is 5.69 Å². The van der Waals surface area contributed by atoms with Gasteiger partial charge in [-0.25, -0.2) is 9.97 Å². The number of hydrogen-bond acceptors (Lipinski definition) is 4. The number of likely N-dealkylation sites (N-methyl/N-ethyl adjacent to an activating group) is 1. The largest absolute Gasteiger partial charge is 0.332 e. The second kappa shape index (κ2) is 8.12. The predicted octanol–water partition coefficient (Wildman–Crippen LogP) is 4.26. The first-order valence-electron chi connectivity index (χ1n) is 8.50. The molecule has 0 fully saturated rings. The quantitative estimate of drug-likeness (QED) is 0.688. The number of anilines is 1. The lowest BCUT2D eigenvalue weighted by atomic mass is 10.1. The van der Waals surface area contributed by atoms with Crippen LogP contribution in [0.25, 0.3) is 11.0 Å². The first-order valence-corrected chi connectivity index (χ1v) is 9.26. The van der Waals surface area contributed by atoms with Crippen LogP contribution in [0.5, 0.6) is 0 Å². The first-order chi connectivity index (χ1) is 13.3. The number of carbonyl (C=O) groups is 2. The molecule has 1 aromatic heterocycles. The fraction of sp³-hybridized carbons (Fsp3) is 0.200. The van der Waals surface area contributed by atoms with Crippen LogP contribution < -0.4 is 5.32 Å². The van der Waals surface area contributed by atoms with E-state index < -0.39 is 5.91 Å². The molecule has 0 aliphatic carbocycles. The van der Waals surface area contributed by atoms with Gasteiger partial charge in [-0.1, -0.05) is 29.3 Å². The van der Waals surface area contributed by atoms with Crippen molar-refractivity contribution >= 4 is 51.7 Å². The molecule has 0 aliphatic heterocycles. The Bertz CT molecular complexity index is 1060. The molecule has 6 nitrogen and oxygen atoms in total. The van der Waals surface area contributed by atoms with Gasteiger partial charge in [-0.2, -0.15) is 0 Å². The molecule has 0 unspecified atom stereocenters. The highest BCUT2D eigenvalue weighted by Crippen LogP contribution is 2.29. The van der Waals surface area contributed by atoms with Crippen LogP contribution in [0.15, 0.2) is 36.4 Å². The summed E-state index contributed by atoms with van der Waals surface area (Å²) in [6.45, 7) is 3.60. The number of aromatic nitrogens is 2. The summed E-state index contributed by atoms with van der Waals surface area (Å²) in [5.74, 6) is -0.708. The van der Waals surface area contributed by atoms with E-state index >= 15 is 0 Å². The molecule has 0 saturated carbocycles. The van der Waals surface area contributed by atoms with E-state index in [2.05, 4.69) is 15.3 Å². The first kappa shape index (κ1) is 20.0. The van der Waals surface area contributed by atoms with Crippen molar-refractivity contribution in [2.24, 2.45) is 0 Å². The molecule has 144 valence electrons. The fourth-order valence-corrected chi connectivity index (χ4v) is 3.16. The van der Waals surface area contributed by atoms with E-state index in [1.807, 2.05) is 13.8 Å². The maximum Gasteiger partial charge on any atom is 0.254 e. The lowest BCUT2D eigenvalue weighted by molar-refractivity contribution is -0.116. The van der Waals surface area contributed by atoms with Crippen molar-refractivity contribution in [3.63, 3.8) is 0 Å². The molecule has 3 rings (SSSR count). The van der Waals surface area contributed by atoms with E-state index in [1.54, 1.807) is 43.4 Å². The molecule has 2 aromatic carbocycles. The van der Waals surface area contributed by atoms with Crippen molar-refractivity contribution in [1.29, 1.82) is 0 Å². The molecule has 3 aromatic rings. The zero-order valence-corrected chi connectivity index (χ0v) is 17.1. The van der Waals surface area contributed by atoms with Gasteiger partial charge in [0.05, 0.1) is 44.7 Å². The number of fused-ring (bicyclic) bond motifs is 1. The highest BCUT2D eigenvalue weighted by molar-refractivity contribution is 6.39. The number of aryl methyl sites for hydroxylation is 2. The molecule has 0 aliphatic rings. The Morgan fingerprint density at radius 1 is 1.00 bits per heavy atom. The van der Waals surface area contributed by atoms with Crippen LogP contribution in [0.1, 0.15) is 21.7 Å². The van der Waals surface area contributed by atoms with E-state index in [0.29, 0.717) is 32.3 Å². The van der Waals surface area contributed by atoms with E-state index in [9.17, 15) is 9.59 Å². The molecule has 1 N–H and O–H groups in total. The van der Waals surface area contributed by atoms with Crippen molar-refractivity contribution in [1.82, 2.24) is 14.9 Å². The Balaban J connectivity index is 1.74. The van der Waals surface area contributed by atoms with Gasteiger partial charge >= 0.3 is 0 Å². The molecule has 0 atom stereocenters. The topological polar surface area (TPSA) is 75.2 Å². The van der Waals surface area contributed by atoms with Crippen LogP contribution in [0, 0.1) is 13.8 Å². The van der Waals surface area contributed by atoms with Gasteiger partial charge in [-0.05, 0) is 44.2 Å². The van der Waals surface area contributed by atoms with Gasteiger partial charge in [0.1, 0.15) is 0 Å². The zero-order valence-electron chi connectivity index (χ0n) is 15.6. The van der Waals surface area contributed by atoms with Crippen molar-refractivity contribution in [3.05, 3.63) is 63.4 Å². The van der Waals surface area contributed by atoms with E-state index in [4.69, 9.17) is 23.2 Å². The van der Waals surface area contributed by atoms with Crippen molar-refractivity contribution in [2.45, 2.75) is 13.8 Å². The Morgan fingerprint density at radius 3 is 2.25 bits per heavy atom. The van der Waals surface area contributed by atoms with Gasteiger partial charge < -0.3 is 10.2 Å². The van der Waals surface area contributed by atoms with Crippen LogP contribution in [-0.4, -0.2) is 40.3 Å². The summed E-state index contributed by atoms with van der Waals surface area (Å²) in [6.07, 6.45) is 0.